The zero-order valence-electron chi connectivity index (χ0n) is 30.8. The lowest BCUT2D eigenvalue weighted by Gasteiger charge is -2.21. The summed E-state index contributed by atoms with van der Waals surface area (Å²) >= 11 is 1.78. The fraction of sp³-hybridized carbons (Fsp3) is 0.886. The van der Waals surface area contributed by atoms with Crippen LogP contribution >= 0.6 is 19.6 Å². The highest BCUT2D eigenvalue weighted by Crippen LogP contribution is 2.45. The van der Waals surface area contributed by atoms with Crippen molar-refractivity contribution in [3.63, 3.8) is 0 Å². The summed E-state index contributed by atoms with van der Waals surface area (Å²) in [4.78, 5) is 39.8. The zero-order valence-corrected chi connectivity index (χ0v) is 32.5. The number of thioether (sulfide) groups is 1. The highest BCUT2D eigenvalue weighted by molar-refractivity contribution is 7.99. The SMILES string of the molecule is CCCCCCCCCCCCSC[C@@H](COP(=O)(O)OCC1OC(n2cc(C)c(=O)[nH]c2=O)C[C@@H]1N=[N+]=[N-])OCCCCCCCCCC. The molecule has 0 aliphatic carbocycles. The number of nitrogens with one attached hydrogen (secondary N) is 1. The molecule has 1 fully saturated rings. The molecule has 0 radical (unpaired) electrons. The molecule has 3 unspecified atom stereocenters. The highest BCUT2D eigenvalue weighted by Gasteiger charge is 2.38. The Hall–Kier alpha value is -1.63. The van der Waals surface area contributed by atoms with Crippen LogP contribution in [0.25, 0.3) is 10.4 Å². The first-order valence-corrected chi connectivity index (χ1v) is 21.7. The van der Waals surface area contributed by atoms with E-state index in [0.717, 1.165) is 25.0 Å². The van der Waals surface area contributed by atoms with Crippen molar-refractivity contribution < 1.29 is 28.0 Å². The van der Waals surface area contributed by atoms with E-state index in [0.29, 0.717) is 17.9 Å². The number of phosphoric ester groups is 1. The van der Waals surface area contributed by atoms with Gasteiger partial charge in [-0.25, -0.2) is 9.36 Å². The summed E-state index contributed by atoms with van der Waals surface area (Å²) in [7, 11) is -4.51. The van der Waals surface area contributed by atoms with Crippen LogP contribution in [0.2, 0.25) is 0 Å². The second-order valence-electron chi connectivity index (χ2n) is 13.4. The van der Waals surface area contributed by atoms with E-state index >= 15 is 0 Å². The molecule has 0 amide bonds. The van der Waals surface area contributed by atoms with Crippen LogP contribution in [0.5, 0.6) is 0 Å². The van der Waals surface area contributed by atoms with Crippen LogP contribution in [0, 0.1) is 6.92 Å². The van der Waals surface area contributed by atoms with Crippen LogP contribution in [-0.2, 0) is 23.1 Å². The average Bonchev–Trinajstić information content (AvgIpc) is 3.49. The van der Waals surface area contributed by atoms with Crippen molar-refractivity contribution in [1.82, 2.24) is 9.55 Å². The van der Waals surface area contributed by atoms with Crippen molar-refractivity contribution in [3.8, 4) is 0 Å². The van der Waals surface area contributed by atoms with E-state index in [1.807, 2.05) is 0 Å². The van der Waals surface area contributed by atoms with E-state index in [9.17, 15) is 19.0 Å². The van der Waals surface area contributed by atoms with Gasteiger partial charge in [0.25, 0.3) is 5.56 Å². The average molecular weight is 746 g/mol. The third-order valence-electron chi connectivity index (χ3n) is 8.98. The quantitative estimate of drug-likeness (QED) is 0.0247. The van der Waals surface area contributed by atoms with Gasteiger partial charge in [-0.15, -0.1) is 0 Å². The fourth-order valence-corrected chi connectivity index (χ4v) is 7.74. The molecule has 1 aromatic rings. The minimum Gasteiger partial charge on any atom is -0.375 e. The highest BCUT2D eigenvalue weighted by atomic mass is 32.2. The summed E-state index contributed by atoms with van der Waals surface area (Å²) in [6.07, 6.45) is 21.8. The second kappa shape index (κ2) is 27.0. The summed E-state index contributed by atoms with van der Waals surface area (Å²) in [5.74, 6) is 1.65. The van der Waals surface area contributed by atoms with Gasteiger partial charge in [-0.2, -0.15) is 11.8 Å². The van der Waals surface area contributed by atoms with Crippen LogP contribution in [0.1, 0.15) is 148 Å². The summed E-state index contributed by atoms with van der Waals surface area (Å²) in [6.45, 7) is 6.08. The first-order valence-electron chi connectivity index (χ1n) is 19.0. The topological polar surface area (TPSA) is 178 Å². The molecule has 1 aromatic heterocycles. The Morgan fingerprint density at radius 1 is 0.980 bits per heavy atom. The molecular formula is C35H64N5O8PS. The molecule has 0 spiro atoms. The lowest BCUT2D eigenvalue weighted by Crippen LogP contribution is -2.33. The Kier molecular flexibility index (Phi) is 24.1. The number of hydrogen-bond donors (Lipinski definition) is 2. The van der Waals surface area contributed by atoms with Gasteiger partial charge < -0.3 is 14.4 Å². The first-order chi connectivity index (χ1) is 24.2. The zero-order chi connectivity index (χ0) is 36.5. The Labute approximate surface area is 303 Å². The number of aromatic amines is 1. The standard InChI is InChI=1S/C35H64N5O8PS/c1-4-6-8-10-12-14-15-17-19-21-23-50-28-30(45-22-20-18-16-13-11-9-7-5-2)26-46-49(43,44)47-27-32-31(38-39-36)24-33(48-32)40-25-29(3)34(41)37-35(40)42/h25,30-33H,4-24,26-28H2,1-3H3,(H,43,44)(H,37,41,42)/t30-,31+,32?,33?/m1/s1. The normalized spacial score (nSPS) is 19.3. The Morgan fingerprint density at radius 3 is 2.16 bits per heavy atom. The van der Waals surface area contributed by atoms with Gasteiger partial charge in [-0.05, 0) is 31.0 Å². The molecule has 2 rings (SSSR count). The van der Waals surface area contributed by atoms with Crippen LogP contribution in [0.4, 0.5) is 0 Å². The van der Waals surface area contributed by atoms with Crippen LogP contribution in [0.3, 0.4) is 0 Å². The fourth-order valence-electron chi connectivity index (χ4n) is 5.94. The van der Waals surface area contributed by atoms with Gasteiger partial charge >= 0.3 is 13.5 Å². The first kappa shape index (κ1) is 44.5. The molecule has 0 bridgehead atoms. The van der Waals surface area contributed by atoms with Crippen molar-refractivity contribution in [2.75, 3.05) is 31.3 Å². The van der Waals surface area contributed by atoms with Crippen molar-refractivity contribution in [2.45, 2.75) is 167 Å². The summed E-state index contributed by atoms with van der Waals surface area (Å²) in [5, 5.41) is 3.74. The van der Waals surface area contributed by atoms with Gasteiger partial charge in [0, 0.05) is 35.5 Å². The lowest BCUT2D eigenvalue weighted by atomic mass is 10.1. The molecule has 1 aliphatic rings. The molecule has 5 atom stereocenters. The maximum Gasteiger partial charge on any atom is 0.472 e. The molecule has 0 aromatic carbocycles. The van der Waals surface area contributed by atoms with Crippen molar-refractivity contribution in [2.24, 2.45) is 5.11 Å². The Bertz CT molecular complexity index is 1260. The van der Waals surface area contributed by atoms with Crippen LogP contribution in [0.15, 0.2) is 20.9 Å². The van der Waals surface area contributed by atoms with E-state index in [1.54, 1.807) is 18.7 Å². The third-order valence-corrected chi connectivity index (χ3v) is 11.1. The van der Waals surface area contributed by atoms with E-state index in [-0.39, 0.29) is 19.1 Å². The van der Waals surface area contributed by atoms with E-state index < -0.39 is 44.1 Å². The number of rotatable bonds is 31. The number of hydrogen-bond acceptors (Lipinski definition) is 9. The van der Waals surface area contributed by atoms with Gasteiger partial charge in [0.1, 0.15) is 6.23 Å². The third kappa shape index (κ3) is 19.3. The van der Waals surface area contributed by atoms with Crippen molar-refractivity contribution >= 4 is 19.6 Å². The predicted octanol–water partition coefficient (Wildman–Crippen LogP) is 9.13. The molecule has 1 aliphatic heterocycles. The molecule has 15 heteroatoms. The van der Waals surface area contributed by atoms with E-state index in [1.165, 1.54) is 107 Å². The van der Waals surface area contributed by atoms with Gasteiger partial charge in [0.2, 0.25) is 0 Å². The van der Waals surface area contributed by atoms with Gasteiger partial charge in [-0.1, -0.05) is 122 Å². The molecule has 1 saturated heterocycles. The Balaban J connectivity index is 1.81. The number of unbranched alkanes of at least 4 members (excludes halogenated alkanes) is 16. The predicted molar refractivity (Wildman–Crippen MR) is 201 cm³/mol. The Morgan fingerprint density at radius 2 is 1.56 bits per heavy atom. The second-order valence-corrected chi connectivity index (χ2v) is 16.0. The van der Waals surface area contributed by atoms with E-state index in [4.69, 9.17) is 24.1 Å². The van der Waals surface area contributed by atoms with Gasteiger partial charge in [0.05, 0.1) is 31.5 Å². The maximum absolute atomic E-state index is 12.9. The number of aromatic nitrogens is 2. The minimum atomic E-state index is -4.51. The molecule has 50 heavy (non-hydrogen) atoms. The monoisotopic (exact) mass is 745 g/mol. The van der Waals surface area contributed by atoms with Crippen molar-refractivity contribution in [1.29, 1.82) is 0 Å². The number of H-pyrrole nitrogens is 1. The number of ether oxygens (including phenoxy) is 2. The minimum absolute atomic E-state index is 0.101. The summed E-state index contributed by atoms with van der Waals surface area (Å²) < 4.78 is 36.8. The molecular weight excluding hydrogens is 681 g/mol. The number of nitrogens with zero attached hydrogens (tertiary/aromatic N) is 4. The number of aryl methyl sites for hydroxylation is 1. The molecule has 288 valence electrons. The lowest BCUT2D eigenvalue weighted by molar-refractivity contribution is -0.0315. The molecule has 13 nitrogen and oxygen atoms in total. The van der Waals surface area contributed by atoms with Gasteiger partial charge in [-0.3, -0.25) is 23.4 Å². The van der Waals surface area contributed by atoms with Crippen LogP contribution in [-0.4, -0.2) is 64.0 Å². The summed E-state index contributed by atoms with van der Waals surface area (Å²) in [6, 6.07) is -0.769. The summed E-state index contributed by atoms with van der Waals surface area (Å²) in [5.41, 5.74) is 8.19. The molecule has 0 saturated carbocycles. The van der Waals surface area contributed by atoms with Crippen LogP contribution < -0.4 is 11.2 Å². The number of azide groups is 1. The molecule has 2 N–H and O–H groups in total. The molecule has 2 heterocycles. The van der Waals surface area contributed by atoms with Crippen molar-refractivity contribution in [3.05, 3.63) is 43.0 Å². The maximum atomic E-state index is 12.9. The van der Waals surface area contributed by atoms with E-state index in [2.05, 4.69) is 28.9 Å². The van der Waals surface area contributed by atoms with Gasteiger partial charge in [0.15, 0.2) is 0 Å². The largest absolute Gasteiger partial charge is 0.472 e. The number of phosphoric acid groups is 1. The smallest absolute Gasteiger partial charge is 0.375 e.